The lowest BCUT2D eigenvalue weighted by molar-refractivity contribution is 0.158. The van der Waals surface area contributed by atoms with Crippen LogP contribution in [0.2, 0.25) is 0 Å². The van der Waals surface area contributed by atoms with Gasteiger partial charge in [-0.15, -0.1) is 0 Å². The van der Waals surface area contributed by atoms with E-state index in [2.05, 4.69) is 45.7 Å². The minimum atomic E-state index is -0.381. The number of aliphatic hydroxyl groups excluding tert-OH is 1. The molecular weight excluding hydrogens is 332 g/mol. The topological polar surface area (TPSA) is 20.2 Å². The zero-order chi connectivity index (χ0) is 12.3. The number of hydrogen-bond donors (Lipinski definition) is 1. The molecule has 0 radical (unpaired) electrons. The van der Waals surface area contributed by atoms with Crippen LogP contribution in [0.5, 0.6) is 0 Å². The molecular formula is C13H18Br2O. The van der Waals surface area contributed by atoms with Crippen molar-refractivity contribution in [1.29, 1.82) is 0 Å². The average molecular weight is 350 g/mol. The highest BCUT2D eigenvalue weighted by atomic mass is 79.9. The summed E-state index contributed by atoms with van der Waals surface area (Å²) in [4.78, 5) is 0. The molecule has 1 nitrogen and oxygen atoms in total. The molecule has 0 aliphatic rings. The van der Waals surface area contributed by atoms with Crippen LogP contribution in [-0.4, -0.2) is 5.11 Å². The lowest BCUT2D eigenvalue weighted by Crippen LogP contribution is -2.01. The Hall–Kier alpha value is 0.140. The Bertz CT molecular complexity index is 361. The van der Waals surface area contributed by atoms with Gasteiger partial charge in [0.25, 0.3) is 0 Å². The summed E-state index contributed by atoms with van der Waals surface area (Å²) in [5.74, 6) is 0.627. The van der Waals surface area contributed by atoms with Gasteiger partial charge in [-0.3, -0.25) is 0 Å². The molecule has 0 bridgehead atoms. The summed E-state index contributed by atoms with van der Waals surface area (Å²) in [5.41, 5.74) is 2.14. The summed E-state index contributed by atoms with van der Waals surface area (Å²) in [6, 6.07) is 4.04. The summed E-state index contributed by atoms with van der Waals surface area (Å²) < 4.78 is 2.04. The third-order valence-corrected chi connectivity index (χ3v) is 4.20. The third kappa shape index (κ3) is 3.86. The van der Waals surface area contributed by atoms with Gasteiger partial charge in [-0.2, -0.15) is 0 Å². The molecule has 0 saturated heterocycles. The summed E-state index contributed by atoms with van der Waals surface area (Å²) in [7, 11) is 0. The van der Waals surface area contributed by atoms with Crippen LogP contribution in [0.15, 0.2) is 21.1 Å². The molecule has 0 heterocycles. The minimum absolute atomic E-state index is 0.381. The summed E-state index contributed by atoms with van der Waals surface area (Å²) in [5, 5.41) is 10.1. The van der Waals surface area contributed by atoms with Gasteiger partial charge >= 0.3 is 0 Å². The molecule has 0 spiro atoms. The first-order valence-corrected chi connectivity index (χ1v) is 7.14. The fourth-order valence-electron chi connectivity index (χ4n) is 1.56. The molecule has 1 unspecified atom stereocenters. The van der Waals surface area contributed by atoms with Gasteiger partial charge in [0.15, 0.2) is 0 Å². The Kier molecular flexibility index (Phi) is 5.48. The van der Waals surface area contributed by atoms with Crippen LogP contribution in [0.4, 0.5) is 0 Å². The molecule has 0 aliphatic heterocycles. The molecule has 16 heavy (non-hydrogen) atoms. The molecule has 0 aliphatic carbocycles. The minimum Gasteiger partial charge on any atom is -0.388 e. The normalized spacial score (nSPS) is 13.2. The summed E-state index contributed by atoms with van der Waals surface area (Å²) in [6.45, 7) is 6.39. The maximum Gasteiger partial charge on any atom is 0.0801 e. The van der Waals surface area contributed by atoms with Gasteiger partial charge in [-0.05, 0) is 48.9 Å². The van der Waals surface area contributed by atoms with Crippen LogP contribution >= 0.6 is 31.9 Å². The highest BCUT2D eigenvalue weighted by molar-refractivity contribution is 9.11. The van der Waals surface area contributed by atoms with Crippen molar-refractivity contribution in [3.05, 3.63) is 32.2 Å². The second kappa shape index (κ2) is 6.18. The number of halogens is 2. The fourth-order valence-corrected chi connectivity index (χ4v) is 2.65. The Morgan fingerprint density at radius 1 is 1.12 bits per heavy atom. The lowest BCUT2D eigenvalue weighted by Gasteiger charge is -2.15. The maximum absolute atomic E-state index is 10.1. The third-order valence-electron chi connectivity index (χ3n) is 2.65. The highest BCUT2D eigenvalue weighted by Gasteiger charge is 2.13. The maximum atomic E-state index is 10.1. The second-order valence-electron chi connectivity index (χ2n) is 4.61. The van der Waals surface area contributed by atoms with Gasteiger partial charge in [0.1, 0.15) is 0 Å². The zero-order valence-electron chi connectivity index (χ0n) is 9.93. The number of aliphatic hydroxyl groups is 1. The van der Waals surface area contributed by atoms with Crippen molar-refractivity contribution in [2.45, 2.75) is 39.7 Å². The largest absolute Gasteiger partial charge is 0.388 e. The number of hydrogen-bond acceptors (Lipinski definition) is 1. The molecule has 0 fully saturated rings. The van der Waals surface area contributed by atoms with Gasteiger partial charge < -0.3 is 5.11 Å². The van der Waals surface area contributed by atoms with Gasteiger partial charge in [0.05, 0.1) is 6.10 Å². The molecule has 0 aromatic heterocycles. The SMILES string of the molecule is Cc1cc(Br)c(C(O)CCC(C)C)cc1Br. The number of aryl methyl sites for hydroxylation is 1. The Morgan fingerprint density at radius 2 is 1.75 bits per heavy atom. The quantitative estimate of drug-likeness (QED) is 0.811. The highest BCUT2D eigenvalue weighted by Crippen LogP contribution is 2.32. The van der Waals surface area contributed by atoms with Crippen molar-refractivity contribution in [3.63, 3.8) is 0 Å². The molecule has 1 atom stereocenters. The molecule has 3 heteroatoms. The molecule has 1 rings (SSSR count). The molecule has 1 aromatic carbocycles. The van der Waals surface area contributed by atoms with Gasteiger partial charge in [-0.25, -0.2) is 0 Å². The lowest BCUT2D eigenvalue weighted by atomic mass is 9.99. The zero-order valence-corrected chi connectivity index (χ0v) is 13.1. The van der Waals surface area contributed by atoms with E-state index in [1.165, 1.54) is 5.56 Å². The standard InChI is InChI=1S/C13H18Br2O/c1-8(2)4-5-13(16)10-7-11(14)9(3)6-12(10)15/h6-8,13,16H,4-5H2,1-3H3. The van der Waals surface area contributed by atoms with Crippen LogP contribution in [-0.2, 0) is 0 Å². The summed E-state index contributed by atoms with van der Waals surface area (Å²) >= 11 is 7.00. The van der Waals surface area contributed by atoms with Gasteiger partial charge in [0.2, 0.25) is 0 Å². The van der Waals surface area contributed by atoms with E-state index in [1.54, 1.807) is 0 Å². The van der Waals surface area contributed by atoms with Crippen molar-refractivity contribution in [1.82, 2.24) is 0 Å². The van der Waals surface area contributed by atoms with E-state index in [1.807, 2.05) is 19.1 Å². The van der Waals surface area contributed by atoms with E-state index < -0.39 is 0 Å². The smallest absolute Gasteiger partial charge is 0.0801 e. The van der Waals surface area contributed by atoms with Gasteiger partial charge in [-0.1, -0.05) is 45.7 Å². The summed E-state index contributed by atoms with van der Waals surface area (Å²) in [6.07, 6.45) is 1.47. The van der Waals surface area contributed by atoms with Crippen molar-refractivity contribution < 1.29 is 5.11 Å². The Morgan fingerprint density at radius 3 is 2.31 bits per heavy atom. The average Bonchev–Trinajstić information content (AvgIpc) is 2.20. The number of benzene rings is 1. The van der Waals surface area contributed by atoms with Crippen molar-refractivity contribution in [2.75, 3.05) is 0 Å². The van der Waals surface area contributed by atoms with E-state index in [-0.39, 0.29) is 6.10 Å². The second-order valence-corrected chi connectivity index (χ2v) is 6.32. The van der Waals surface area contributed by atoms with Crippen LogP contribution in [0.25, 0.3) is 0 Å². The van der Waals surface area contributed by atoms with E-state index in [0.29, 0.717) is 5.92 Å². The first-order valence-electron chi connectivity index (χ1n) is 5.55. The van der Waals surface area contributed by atoms with Crippen molar-refractivity contribution in [2.24, 2.45) is 5.92 Å². The first-order chi connectivity index (χ1) is 7.41. The molecule has 0 amide bonds. The first kappa shape index (κ1) is 14.2. The molecule has 90 valence electrons. The monoisotopic (exact) mass is 348 g/mol. The predicted molar refractivity (Wildman–Crippen MR) is 75.6 cm³/mol. The van der Waals surface area contributed by atoms with Crippen molar-refractivity contribution in [3.8, 4) is 0 Å². The van der Waals surface area contributed by atoms with E-state index in [4.69, 9.17) is 0 Å². The van der Waals surface area contributed by atoms with Crippen LogP contribution < -0.4 is 0 Å². The molecule has 0 saturated carbocycles. The van der Waals surface area contributed by atoms with Crippen molar-refractivity contribution >= 4 is 31.9 Å². The van der Waals surface area contributed by atoms with E-state index in [9.17, 15) is 5.11 Å². The van der Waals surface area contributed by atoms with Crippen LogP contribution in [0.3, 0.4) is 0 Å². The molecule has 1 aromatic rings. The Labute approximate surface area is 115 Å². The van der Waals surface area contributed by atoms with E-state index >= 15 is 0 Å². The number of rotatable bonds is 4. The van der Waals surface area contributed by atoms with Gasteiger partial charge in [0, 0.05) is 8.95 Å². The van der Waals surface area contributed by atoms with Crippen LogP contribution in [0.1, 0.15) is 43.9 Å². The Balaban J connectivity index is 2.82. The fraction of sp³-hybridized carbons (Fsp3) is 0.538. The van der Waals surface area contributed by atoms with Crippen LogP contribution in [0, 0.1) is 12.8 Å². The predicted octanol–water partition coefficient (Wildman–Crippen LogP) is 4.99. The molecule has 1 N–H and O–H groups in total. The van der Waals surface area contributed by atoms with E-state index in [0.717, 1.165) is 27.4 Å².